The van der Waals surface area contributed by atoms with Crippen molar-refractivity contribution < 1.29 is 24.5 Å². The topological polar surface area (TPSA) is 86.8 Å². The lowest BCUT2D eigenvalue weighted by Gasteiger charge is -2.04. The Morgan fingerprint density at radius 1 is 1.18 bits per heavy atom. The summed E-state index contributed by atoms with van der Waals surface area (Å²) >= 11 is 0. The predicted molar refractivity (Wildman–Crippen MR) is 58.9 cm³/mol. The minimum atomic E-state index is -1.83. The number of nitrogens with zero attached hydrogens (tertiary/aromatic N) is 1. The van der Waals surface area contributed by atoms with Crippen LogP contribution in [0.1, 0.15) is 5.56 Å². The molecule has 1 saturated heterocycles. The van der Waals surface area contributed by atoms with E-state index in [1.807, 2.05) is 30.3 Å². The Balaban J connectivity index is 0.000000317. The third kappa shape index (κ3) is 6.03. The maximum atomic E-state index is 11.1. The molecule has 17 heavy (non-hydrogen) atoms. The van der Waals surface area contributed by atoms with Crippen LogP contribution in [0, 0.1) is 0 Å². The number of amides is 1. The van der Waals surface area contributed by atoms with E-state index in [-0.39, 0.29) is 6.09 Å². The lowest BCUT2D eigenvalue weighted by Crippen LogP contribution is -2.12. The van der Waals surface area contributed by atoms with Crippen LogP contribution < -0.4 is 0 Å². The highest BCUT2D eigenvalue weighted by molar-refractivity contribution is 5.69. The van der Waals surface area contributed by atoms with Crippen LogP contribution in [0.25, 0.3) is 0 Å². The van der Waals surface area contributed by atoms with Crippen molar-refractivity contribution in [3.63, 3.8) is 0 Å². The molecular weight excluding hydrogens is 226 g/mol. The van der Waals surface area contributed by atoms with Crippen molar-refractivity contribution in [2.45, 2.75) is 6.61 Å². The van der Waals surface area contributed by atoms with Crippen molar-refractivity contribution in [2.75, 3.05) is 13.1 Å². The highest BCUT2D eigenvalue weighted by atomic mass is 16.6. The summed E-state index contributed by atoms with van der Waals surface area (Å²) < 4.78 is 5.04. The molecule has 1 heterocycles. The average Bonchev–Trinajstić information content (AvgIpc) is 3.10. The molecule has 1 aromatic carbocycles. The fourth-order valence-corrected chi connectivity index (χ4v) is 1.04. The van der Waals surface area contributed by atoms with Crippen molar-refractivity contribution in [3.05, 3.63) is 35.9 Å². The second-order valence-electron chi connectivity index (χ2n) is 3.31. The van der Waals surface area contributed by atoms with Gasteiger partial charge in [0, 0.05) is 13.1 Å². The summed E-state index contributed by atoms with van der Waals surface area (Å²) in [4.78, 5) is 21.3. The van der Waals surface area contributed by atoms with E-state index in [2.05, 4.69) is 0 Å². The Morgan fingerprint density at radius 2 is 1.71 bits per heavy atom. The zero-order chi connectivity index (χ0) is 12.7. The Bertz CT molecular complexity index is 371. The average molecular weight is 239 g/mol. The molecule has 0 atom stereocenters. The van der Waals surface area contributed by atoms with Gasteiger partial charge in [-0.25, -0.2) is 9.59 Å². The zero-order valence-electron chi connectivity index (χ0n) is 9.07. The van der Waals surface area contributed by atoms with Crippen LogP contribution >= 0.6 is 0 Å². The molecule has 1 fully saturated rings. The van der Waals surface area contributed by atoms with E-state index >= 15 is 0 Å². The molecule has 0 aliphatic carbocycles. The van der Waals surface area contributed by atoms with Gasteiger partial charge in [-0.2, -0.15) is 0 Å². The minimum Gasteiger partial charge on any atom is -0.450 e. The summed E-state index contributed by atoms with van der Waals surface area (Å²) in [7, 11) is 0. The lowest BCUT2D eigenvalue weighted by atomic mass is 10.2. The maximum Gasteiger partial charge on any atom is 0.503 e. The van der Waals surface area contributed by atoms with Crippen LogP contribution in [-0.2, 0) is 11.3 Å². The van der Waals surface area contributed by atoms with Gasteiger partial charge in [-0.1, -0.05) is 30.3 Å². The molecule has 6 nitrogen and oxygen atoms in total. The fraction of sp³-hybridized carbons (Fsp3) is 0.273. The van der Waals surface area contributed by atoms with Crippen molar-refractivity contribution in [2.24, 2.45) is 0 Å². The summed E-state index contributed by atoms with van der Waals surface area (Å²) in [6, 6.07) is 9.68. The van der Waals surface area contributed by atoms with Gasteiger partial charge in [-0.05, 0) is 5.56 Å². The molecule has 6 heteroatoms. The van der Waals surface area contributed by atoms with Crippen molar-refractivity contribution in [1.29, 1.82) is 0 Å². The first kappa shape index (κ1) is 12.8. The van der Waals surface area contributed by atoms with Gasteiger partial charge in [0.25, 0.3) is 0 Å². The van der Waals surface area contributed by atoms with Crippen LogP contribution in [0.4, 0.5) is 9.59 Å². The van der Waals surface area contributed by atoms with E-state index in [9.17, 15) is 4.79 Å². The summed E-state index contributed by atoms with van der Waals surface area (Å²) in [6.07, 6.45) is -2.04. The maximum absolute atomic E-state index is 11.1. The van der Waals surface area contributed by atoms with Crippen molar-refractivity contribution >= 4 is 12.2 Å². The van der Waals surface area contributed by atoms with E-state index in [1.165, 1.54) is 0 Å². The number of benzene rings is 1. The number of hydrogen-bond acceptors (Lipinski definition) is 3. The van der Waals surface area contributed by atoms with Gasteiger partial charge in [0.15, 0.2) is 0 Å². The Labute approximate surface area is 98.0 Å². The smallest absolute Gasteiger partial charge is 0.450 e. The Morgan fingerprint density at radius 3 is 2.18 bits per heavy atom. The molecule has 0 spiro atoms. The molecule has 0 radical (unpaired) electrons. The van der Waals surface area contributed by atoms with Gasteiger partial charge in [0.2, 0.25) is 0 Å². The van der Waals surface area contributed by atoms with Gasteiger partial charge in [-0.15, -0.1) is 0 Å². The van der Waals surface area contributed by atoms with Gasteiger partial charge in [-0.3, -0.25) is 0 Å². The second kappa shape index (κ2) is 6.37. The SMILES string of the molecule is O=C(O)O.O=C(OCc1ccccc1)N1CC1. The van der Waals surface area contributed by atoms with Gasteiger partial charge < -0.3 is 19.8 Å². The Kier molecular flexibility index (Phi) is 4.80. The summed E-state index contributed by atoms with van der Waals surface area (Å²) in [5.41, 5.74) is 1.03. The van der Waals surface area contributed by atoms with Gasteiger partial charge >= 0.3 is 12.2 Å². The largest absolute Gasteiger partial charge is 0.503 e. The highest BCUT2D eigenvalue weighted by Gasteiger charge is 2.25. The Hall–Kier alpha value is -2.24. The molecule has 1 aliphatic rings. The van der Waals surface area contributed by atoms with E-state index < -0.39 is 6.16 Å². The monoisotopic (exact) mass is 239 g/mol. The molecule has 0 unspecified atom stereocenters. The quantitative estimate of drug-likeness (QED) is 0.769. The fourth-order valence-electron chi connectivity index (χ4n) is 1.04. The number of hydrogen-bond donors (Lipinski definition) is 2. The second-order valence-corrected chi connectivity index (χ2v) is 3.31. The molecule has 2 rings (SSSR count). The van der Waals surface area contributed by atoms with Gasteiger partial charge in [0.1, 0.15) is 6.61 Å². The van der Waals surface area contributed by atoms with Crippen molar-refractivity contribution in [1.82, 2.24) is 4.90 Å². The van der Waals surface area contributed by atoms with Gasteiger partial charge in [0.05, 0.1) is 0 Å². The van der Waals surface area contributed by atoms with Crippen LogP contribution in [0.5, 0.6) is 0 Å². The first-order valence-electron chi connectivity index (χ1n) is 4.97. The number of rotatable bonds is 2. The van der Waals surface area contributed by atoms with E-state index in [4.69, 9.17) is 19.7 Å². The highest BCUT2D eigenvalue weighted by Crippen LogP contribution is 2.08. The summed E-state index contributed by atoms with van der Waals surface area (Å²) in [5.74, 6) is 0. The number of carboxylic acid groups (broad SMARTS) is 2. The van der Waals surface area contributed by atoms with Crippen LogP contribution in [0.3, 0.4) is 0 Å². The van der Waals surface area contributed by atoms with Crippen LogP contribution in [0.2, 0.25) is 0 Å². The third-order valence-corrected chi connectivity index (χ3v) is 1.91. The number of ether oxygens (including phenoxy) is 1. The lowest BCUT2D eigenvalue weighted by molar-refractivity contribution is 0.124. The molecule has 0 saturated carbocycles. The summed E-state index contributed by atoms with van der Waals surface area (Å²) in [6.45, 7) is 2.05. The predicted octanol–water partition coefficient (Wildman–Crippen LogP) is 1.86. The number of carbonyl (C=O) groups is 2. The van der Waals surface area contributed by atoms with Crippen molar-refractivity contribution in [3.8, 4) is 0 Å². The normalized spacial score (nSPS) is 12.1. The van der Waals surface area contributed by atoms with Crippen LogP contribution in [0.15, 0.2) is 30.3 Å². The van der Waals surface area contributed by atoms with E-state index in [0.717, 1.165) is 18.7 Å². The standard InChI is InChI=1S/C10H11NO2.CH2O3/c12-10(11-6-7-11)13-8-9-4-2-1-3-5-9;2-1(3)4/h1-5H,6-8H2;(H2,2,3,4). The summed E-state index contributed by atoms with van der Waals surface area (Å²) in [5, 5.41) is 13.9. The molecule has 92 valence electrons. The molecule has 1 aromatic rings. The number of carbonyl (C=O) groups excluding carboxylic acids is 1. The van der Waals surface area contributed by atoms with E-state index in [1.54, 1.807) is 4.90 Å². The molecule has 0 bridgehead atoms. The minimum absolute atomic E-state index is 0.205. The first-order valence-corrected chi connectivity index (χ1v) is 4.97. The van der Waals surface area contributed by atoms with Crippen LogP contribution in [-0.4, -0.2) is 40.5 Å². The first-order chi connectivity index (χ1) is 8.09. The molecule has 2 N–H and O–H groups in total. The molecule has 0 aromatic heterocycles. The molecule has 1 aliphatic heterocycles. The van der Waals surface area contributed by atoms with E-state index in [0.29, 0.717) is 6.61 Å². The molecular formula is C11H13NO5. The zero-order valence-corrected chi connectivity index (χ0v) is 9.07. The molecule has 1 amide bonds. The third-order valence-electron chi connectivity index (χ3n) is 1.91.